The van der Waals surface area contributed by atoms with Crippen molar-refractivity contribution in [1.29, 1.82) is 0 Å². The topological polar surface area (TPSA) is 103 Å². The summed E-state index contributed by atoms with van der Waals surface area (Å²) in [5, 5.41) is 17.4. The zero-order valence-electron chi connectivity index (χ0n) is 13.6. The highest BCUT2D eigenvalue weighted by Gasteiger charge is 2.11. The highest BCUT2D eigenvalue weighted by molar-refractivity contribution is 9.10. The van der Waals surface area contributed by atoms with Crippen molar-refractivity contribution in [1.82, 2.24) is 9.78 Å². The summed E-state index contributed by atoms with van der Waals surface area (Å²) in [4.78, 5) is 21.9. The summed E-state index contributed by atoms with van der Waals surface area (Å²) in [6.45, 7) is 0.403. The van der Waals surface area contributed by atoms with Crippen molar-refractivity contribution in [3.05, 3.63) is 80.4 Å². The quantitative estimate of drug-likeness (QED) is 0.358. The van der Waals surface area contributed by atoms with E-state index in [4.69, 9.17) is 4.42 Å². The second-order valence-electron chi connectivity index (χ2n) is 5.41. The molecule has 1 amide bonds. The number of hydrogen-bond donors (Lipinski definition) is 1. The monoisotopic (exact) mass is 434 g/mol. The Balaban J connectivity index is 1.63. The van der Waals surface area contributed by atoms with E-state index in [2.05, 4.69) is 26.3 Å². The van der Waals surface area contributed by atoms with Crippen LogP contribution in [0.3, 0.4) is 0 Å². The highest BCUT2D eigenvalue weighted by atomic mass is 79.9. The molecule has 0 atom stereocenters. The van der Waals surface area contributed by atoms with E-state index in [-0.39, 0.29) is 11.6 Å². The van der Waals surface area contributed by atoms with Crippen LogP contribution in [0.1, 0.15) is 11.3 Å². The molecule has 1 aromatic carbocycles. The molecule has 138 valence electrons. The van der Waals surface area contributed by atoms with E-state index in [1.165, 1.54) is 36.4 Å². The lowest BCUT2D eigenvalue weighted by atomic mass is 10.2. The number of nitro groups is 1. The molecule has 2 aromatic heterocycles. The SMILES string of the molecule is O=C(/C=C/c1ccc([N+](=O)[O-])o1)Nc1nn(Cc2ccc(F)cc2)cc1Br. The standard InChI is InChI=1S/C17H12BrFN4O4/c18-14-10-22(9-11-1-3-12(19)4-2-11)21-17(14)20-15(24)7-5-13-6-8-16(27-13)23(25)26/h1-8,10H,9H2,(H,20,21,24)/b7-5+. The van der Waals surface area contributed by atoms with Crippen molar-refractivity contribution >= 4 is 39.6 Å². The van der Waals surface area contributed by atoms with Gasteiger partial charge in [0.05, 0.1) is 17.1 Å². The number of rotatable bonds is 6. The smallest absolute Gasteiger partial charge is 0.401 e. The third-order valence-electron chi connectivity index (χ3n) is 3.41. The van der Waals surface area contributed by atoms with E-state index in [1.807, 2.05) is 0 Å². The molecule has 0 aliphatic carbocycles. The summed E-state index contributed by atoms with van der Waals surface area (Å²) >= 11 is 3.31. The molecule has 0 aliphatic heterocycles. The largest absolute Gasteiger partial charge is 0.433 e. The molecule has 0 bridgehead atoms. The van der Waals surface area contributed by atoms with Crippen LogP contribution in [0.15, 0.2) is 57.6 Å². The summed E-state index contributed by atoms with van der Waals surface area (Å²) in [6, 6.07) is 8.60. The zero-order chi connectivity index (χ0) is 19.4. The van der Waals surface area contributed by atoms with E-state index >= 15 is 0 Å². The Morgan fingerprint density at radius 3 is 2.74 bits per heavy atom. The second-order valence-corrected chi connectivity index (χ2v) is 6.26. The van der Waals surface area contributed by atoms with Gasteiger partial charge in [0, 0.05) is 12.3 Å². The molecule has 1 N–H and O–H groups in total. The van der Waals surface area contributed by atoms with E-state index in [0.29, 0.717) is 16.8 Å². The molecule has 8 nitrogen and oxygen atoms in total. The molecule has 0 fully saturated rings. The molecule has 0 aliphatic rings. The first-order valence-electron chi connectivity index (χ1n) is 7.61. The Morgan fingerprint density at radius 1 is 1.33 bits per heavy atom. The predicted octanol–water partition coefficient (Wildman–Crippen LogP) is 3.99. The van der Waals surface area contributed by atoms with Gasteiger partial charge in [0.15, 0.2) is 5.82 Å². The number of nitrogens with zero attached hydrogens (tertiary/aromatic N) is 3. The van der Waals surface area contributed by atoms with E-state index in [0.717, 1.165) is 5.56 Å². The van der Waals surface area contributed by atoms with Gasteiger partial charge < -0.3 is 9.73 Å². The summed E-state index contributed by atoms with van der Waals surface area (Å²) in [5.74, 6) is -0.726. The molecule has 3 aromatic rings. The lowest BCUT2D eigenvalue weighted by Gasteiger charge is -2.01. The maximum atomic E-state index is 12.9. The molecule has 0 spiro atoms. The van der Waals surface area contributed by atoms with Crippen LogP contribution in [-0.4, -0.2) is 20.6 Å². The fraction of sp³-hybridized carbons (Fsp3) is 0.0588. The molecule has 0 radical (unpaired) electrons. The second kappa shape index (κ2) is 7.96. The third-order valence-corrected chi connectivity index (χ3v) is 3.99. The minimum Gasteiger partial charge on any atom is -0.401 e. The van der Waals surface area contributed by atoms with Crippen LogP contribution in [0, 0.1) is 15.9 Å². The molecule has 3 rings (SSSR count). The number of aromatic nitrogens is 2. The van der Waals surface area contributed by atoms with Crippen LogP contribution < -0.4 is 5.32 Å². The molecular formula is C17H12BrFN4O4. The Hall–Kier alpha value is -3.27. The summed E-state index contributed by atoms with van der Waals surface area (Å²) in [7, 11) is 0. The van der Waals surface area contributed by atoms with Crippen LogP contribution >= 0.6 is 15.9 Å². The highest BCUT2D eigenvalue weighted by Crippen LogP contribution is 2.21. The number of nitrogens with one attached hydrogen (secondary N) is 1. The van der Waals surface area contributed by atoms with Gasteiger partial charge >= 0.3 is 5.88 Å². The predicted molar refractivity (Wildman–Crippen MR) is 98.5 cm³/mol. The van der Waals surface area contributed by atoms with Gasteiger partial charge in [-0.15, -0.1) is 0 Å². The number of anilines is 1. The summed E-state index contributed by atoms with van der Waals surface area (Å²) < 4.78 is 20.0. The minimum atomic E-state index is -0.664. The van der Waals surface area contributed by atoms with Crippen LogP contribution in [0.2, 0.25) is 0 Å². The molecular weight excluding hydrogens is 423 g/mol. The number of halogens is 2. The van der Waals surface area contributed by atoms with Crippen molar-refractivity contribution in [2.24, 2.45) is 0 Å². The number of amides is 1. The maximum Gasteiger partial charge on any atom is 0.433 e. The van der Waals surface area contributed by atoms with Crippen LogP contribution in [0.4, 0.5) is 16.1 Å². The number of furan rings is 1. The number of benzene rings is 1. The molecule has 2 heterocycles. The maximum absolute atomic E-state index is 12.9. The van der Waals surface area contributed by atoms with Crippen molar-refractivity contribution in [3.8, 4) is 0 Å². The zero-order valence-corrected chi connectivity index (χ0v) is 15.2. The van der Waals surface area contributed by atoms with Gasteiger partial charge in [-0.1, -0.05) is 12.1 Å². The molecule has 0 unspecified atom stereocenters. The molecule has 27 heavy (non-hydrogen) atoms. The Morgan fingerprint density at radius 2 is 2.07 bits per heavy atom. The van der Waals surface area contributed by atoms with Crippen LogP contribution in [-0.2, 0) is 11.3 Å². The van der Waals surface area contributed by atoms with Crippen molar-refractivity contribution < 1.29 is 18.5 Å². The summed E-state index contributed by atoms with van der Waals surface area (Å²) in [6.07, 6.45) is 4.16. The van der Waals surface area contributed by atoms with Crippen LogP contribution in [0.25, 0.3) is 6.08 Å². The molecule has 0 saturated heterocycles. The van der Waals surface area contributed by atoms with Gasteiger partial charge in [-0.2, -0.15) is 5.10 Å². The summed E-state index contributed by atoms with van der Waals surface area (Å²) in [5.41, 5.74) is 0.851. The third kappa shape index (κ3) is 4.88. The van der Waals surface area contributed by atoms with Gasteiger partial charge in [0.1, 0.15) is 16.5 Å². The number of hydrogen-bond acceptors (Lipinski definition) is 5. The fourth-order valence-electron chi connectivity index (χ4n) is 2.19. The first kappa shape index (κ1) is 18.5. The van der Waals surface area contributed by atoms with E-state index in [1.54, 1.807) is 23.0 Å². The van der Waals surface area contributed by atoms with Crippen LogP contribution in [0.5, 0.6) is 0 Å². The van der Waals surface area contributed by atoms with Crippen molar-refractivity contribution in [3.63, 3.8) is 0 Å². The first-order valence-corrected chi connectivity index (χ1v) is 8.41. The van der Waals surface area contributed by atoms with Crippen molar-refractivity contribution in [2.75, 3.05) is 5.32 Å². The molecule has 0 saturated carbocycles. The Labute approximate surface area is 160 Å². The average Bonchev–Trinajstić information content (AvgIpc) is 3.22. The normalized spacial score (nSPS) is 11.0. The van der Waals surface area contributed by atoms with Gasteiger partial charge in [0.2, 0.25) is 5.91 Å². The van der Waals surface area contributed by atoms with Gasteiger partial charge in [-0.3, -0.25) is 19.6 Å². The number of carbonyl (C=O) groups is 1. The molecule has 10 heteroatoms. The number of carbonyl (C=O) groups excluding carboxylic acids is 1. The Kier molecular flexibility index (Phi) is 5.46. The van der Waals surface area contributed by atoms with Gasteiger partial charge in [0.25, 0.3) is 0 Å². The Bertz CT molecular complexity index is 1010. The van der Waals surface area contributed by atoms with Crippen molar-refractivity contribution in [2.45, 2.75) is 6.54 Å². The van der Waals surface area contributed by atoms with Gasteiger partial charge in [-0.05, 0) is 45.8 Å². The fourth-order valence-corrected chi connectivity index (χ4v) is 2.60. The van der Waals surface area contributed by atoms with E-state index in [9.17, 15) is 19.3 Å². The lowest BCUT2D eigenvalue weighted by molar-refractivity contribution is -0.402. The lowest BCUT2D eigenvalue weighted by Crippen LogP contribution is -2.09. The first-order chi connectivity index (χ1) is 12.9. The van der Waals surface area contributed by atoms with Gasteiger partial charge in [-0.25, -0.2) is 4.39 Å². The minimum absolute atomic E-state index is 0.178. The average molecular weight is 435 g/mol. The van der Waals surface area contributed by atoms with E-state index < -0.39 is 16.7 Å².